The van der Waals surface area contributed by atoms with Gasteiger partial charge in [0.2, 0.25) is 0 Å². The Morgan fingerprint density at radius 2 is 1.77 bits per heavy atom. The summed E-state index contributed by atoms with van der Waals surface area (Å²) in [7, 11) is 3.04. The van der Waals surface area contributed by atoms with Gasteiger partial charge >= 0.3 is 11.9 Å². The summed E-state index contributed by atoms with van der Waals surface area (Å²) in [6.07, 6.45) is 1.71. The van der Waals surface area contributed by atoms with E-state index in [1.54, 1.807) is 75.6 Å². The Hall–Kier alpha value is -4.48. The quantitative estimate of drug-likeness (QED) is 0.197. The zero-order chi connectivity index (χ0) is 30.7. The van der Waals surface area contributed by atoms with E-state index < -0.39 is 18.0 Å². The summed E-state index contributed by atoms with van der Waals surface area (Å²) in [6.45, 7) is 3.65. The van der Waals surface area contributed by atoms with Crippen molar-refractivity contribution in [3.8, 4) is 17.2 Å². The highest BCUT2D eigenvalue weighted by molar-refractivity contribution is 9.10. The van der Waals surface area contributed by atoms with Crippen LogP contribution in [0.15, 0.2) is 92.3 Å². The molecule has 0 N–H and O–H groups in total. The van der Waals surface area contributed by atoms with Gasteiger partial charge in [-0.25, -0.2) is 14.6 Å². The van der Waals surface area contributed by atoms with Gasteiger partial charge in [-0.1, -0.05) is 51.5 Å². The Balaban J connectivity index is 1.55. The van der Waals surface area contributed by atoms with Gasteiger partial charge in [0.05, 0.1) is 48.2 Å². The molecule has 5 rings (SSSR count). The van der Waals surface area contributed by atoms with Crippen LogP contribution in [-0.4, -0.2) is 37.3 Å². The van der Waals surface area contributed by atoms with Crippen molar-refractivity contribution in [1.82, 2.24) is 4.57 Å². The van der Waals surface area contributed by atoms with Crippen LogP contribution < -0.4 is 29.1 Å². The number of fused-ring (bicyclic) bond motifs is 1. The van der Waals surface area contributed by atoms with Crippen LogP contribution in [0.2, 0.25) is 0 Å². The first-order chi connectivity index (χ1) is 20.7. The fourth-order valence-electron chi connectivity index (χ4n) is 4.68. The molecule has 1 aliphatic heterocycles. The second-order valence-corrected chi connectivity index (χ2v) is 11.3. The minimum Gasteiger partial charge on any atom is -0.497 e. The summed E-state index contributed by atoms with van der Waals surface area (Å²) in [4.78, 5) is 44.7. The first kappa shape index (κ1) is 30.0. The van der Waals surface area contributed by atoms with Crippen molar-refractivity contribution in [1.29, 1.82) is 0 Å². The van der Waals surface area contributed by atoms with Gasteiger partial charge in [-0.15, -0.1) is 0 Å². The zero-order valence-corrected chi connectivity index (χ0v) is 26.2. The Labute approximate surface area is 259 Å². The van der Waals surface area contributed by atoms with E-state index in [4.69, 9.17) is 18.9 Å². The maximum Gasteiger partial charge on any atom is 0.343 e. The molecule has 0 spiro atoms. The second kappa shape index (κ2) is 12.8. The summed E-state index contributed by atoms with van der Waals surface area (Å²) in [6, 6.07) is 18.3. The summed E-state index contributed by atoms with van der Waals surface area (Å²) in [5.41, 5.74) is 2.19. The van der Waals surface area contributed by atoms with Crippen LogP contribution in [0, 0.1) is 0 Å². The van der Waals surface area contributed by atoms with E-state index in [9.17, 15) is 14.4 Å². The highest BCUT2D eigenvalue weighted by Crippen LogP contribution is 2.32. The normalized spacial score (nSPS) is 14.5. The molecule has 4 aromatic rings. The molecule has 1 aromatic heterocycles. The number of esters is 2. The molecule has 0 aliphatic carbocycles. The predicted molar refractivity (Wildman–Crippen MR) is 165 cm³/mol. The van der Waals surface area contributed by atoms with E-state index in [1.165, 1.54) is 23.0 Å². The monoisotopic (exact) mass is 662 g/mol. The maximum absolute atomic E-state index is 13.9. The lowest BCUT2D eigenvalue weighted by atomic mass is 9.96. The van der Waals surface area contributed by atoms with E-state index in [0.29, 0.717) is 48.8 Å². The highest BCUT2D eigenvalue weighted by Gasteiger charge is 2.33. The number of hydrogen-bond donors (Lipinski definition) is 0. The Kier molecular flexibility index (Phi) is 8.93. The standard InChI is InChI=1S/C32H27BrN2O7S/c1-5-41-31(38)27-18(2)34-32-35(28(27)20-10-12-23(39-3)13-11-20)29(36)26(43-32)16-19-9-14-24(25(15-19)40-4)42-30(37)21-7-6-8-22(33)17-21/h6-17,28H,5H2,1-4H3. The molecule has 43 heavy (non-hydrogen) atoms. The fraction of sp³-hybridized carbons (Fsp3) is 0.188. The van der Waals surface area contributed by atoms with Crippen LogP contribution in [0.3, 0.4) is 0 Å². The number of ether oxygens (including phenoxy) is 4. The van der Waals surface area contributed by atoms with Gasteiger partial charge in [0.1, 0.15) is 5.75 Å². The van der Waals surface area contributed by atoms with Gasteiger partial charge in [0.25, 0.3) is 5.56 Å². The Bertz CT molecular complexity index is 1930. The number of aromatic nitrogens is 1. The number of thiazole rings is 1. The third kappa shape index (κ3) is 6.18. The lowest BCUT2D eigenvalue weighted by Crippen LogP contribution is -2.39. The molecule has 0 saturated carbocycles. The molecule has 1 unspecified atom stereocenters. The van der Waals surface area contributed by atoms with Crippen LogP contribution in [-0.2, 0) is 9.53 Å². The van der Waals surface area contributed by atoms with Gasteiger partial charge in [-0.3, -0.25) is 9.36 Å². The van der Waals surface area contributed by atoms with E-state index >= 15 is 0 Å². The maximum atomic E-state index is 13.9. The second-order valence-electron chi connectivity index (χ2n) is 9.39. The molecule has 0 radical (unpaired) electrons. The van der Waals surface area contributed by atoms with Crippen molar-refractivity contribution in [2.75, 3.05) is 20.8 Å². The van der Waals surface area contributed by atoms with Gasteiger partial charge in [-0.2, -0.15) is 0 Å². The lowest BCUT2D eigenvalue weighted by Gasteiger charge is -2.24. The van der Waals surface area contributed by atoms with Crippen molar-refractivity contribution in [3.63, 3.8) is 0 Å². The van der Waals surface area contributed by atoms with E-state index in [0.717, 1.165) is 4.47 Å². The van der Waals surface area contributed by atoms with Crippen molar-refractivity contribution in [3.05, 3.63) is 119 Å². The van der Waals surface area contributed by atoms with Gasteiger partial charge in [0.15, 0.2) is 16.3 Å². The van der Waals surface area contributed by atoms with E-state index in [2.05, 4.69) is 20.9 Å². The molecular weight excluding hydrogens is 636 g/mol. The average Bonchev–Trinajstić information content (AvgIpc) is 3.30. The lowest BCUT2D eigenvalue weighted by molar-refractivity contribution is -0.139. The number of halogens is 1. The number of nitrogens with zero attached hydrogens (tertiary/aromatic N) is 2. The van der Waals surface area contributed by atoms with Crippen LogP contribution >= 0.6 is 27.3 Å². The van der Waals surface area contributed by atoms with Crippen molar-refractivity contribution in [2.24, 2.45) is 4.99 Å². The van der Waals surface area contributed by atoms with Crippen LogP contribution in [0.1, 0.15) is 41.4 Å². The number of carbonyl (C=O) groups is 2. The topological polar surface area (TPSA) is 105 Å². The zero-order valence-electron chi connectivity index (χ0n) is 23.8. The molecule has 2 heterocycles. The minimum absolute atomic E-state index is 0.186. The van der Waals surface area contributed by atoms with E-state index in [-0.39, 0.29) is 17.9 Å². The summed E-state index contributed by atoms with van der Waals surface area (Å²) >= 11 is 4.56. The number of benzene rings is 3. The summed E-state index contributed by atoms with van der Waals surface area (Å²) in [5, 5.41) is 0. The predicted octanol–water partition coefficient (Wildman–Crippen LogP) is 4.80. The molecule has 3 aromatic carbocycles. The van der Waals surface area contributed by atoms with Crippen molar-refractivity contribution < 1.29 is 28.5 Å². The van der Waals surface area contributed by atoms with Crippen LogP contribution in [0.4, 0.5) is 0 Å². The molecule has 0 fully saturated rings. The third-order valence-corrected chi connectivity index (χ3v) is 8.17. The smallest absolute Gasteiger partial charge is 0.343 e. The molecule has 0 saturated heterocycles. The number of hydrogen-bond acceptors (Lipinski definition) is 9. The minimum atomic E-state index is -0.738. The van der Waals surface area contributed by atoms with Crippen molar-refractivity contribution >= 4 is 45.3 Å². The number of carbonyl (C=O) groups excluding carboxylic acids is 2. The Morgan fingerprint density at radius 3 is 2.44 bits per heavy atom. The number of allylic oxidation sites excluding steroid dienone is 1. The molecular formula is C32H27BrN2O7S. The largest absolute Gasteiger partial charge is 0.497 e. The van der Waals surface area contributed by atoms with Crippen molar-refractivity contribution in [2.45, 2.75) is 19.9 Å². The van der Waals surface area contributed by atoms with Crippen LogP contribution in [0.5, 0.6) is 17.2 Å². The molecule has 1 atom stereocenters. The first-order valence-electron chi connectivity index (χ1n) is 13.2. The van der Waals surface area contributed by atoms with Crippen LogP contribution in [0.25, 0.3) is 6.08 Å². The molecule has 0 amide bonds. The summed E-state index contributed by atoms with van der Waals surface area (Å²) < 4.78 is 24.4. The number of methoxy groups -OCH3 is 2. The third-order valence-electron chi connectivity index (χ3n) is 6.70. The molecule has 0 bridgehead atoms. The molecule has 9 nitrogen and oxygen atoms in total. The van der Waals surface area contributed by atoms with E-state index in [1.807, 2.05) is 18.2 Å². The highest BCUT2D eigenvalue weighted by atomic mass is 79.9. The fourth-order valence-corrected chi connectivity index (χ4v) is 6.12. The first-order valence-corrected chi connectivity index (χ1v) is 14.8. The SMILES string of the molecule is CCOC(=O)C1=C(C)N=c2sc(=Cc3ccc(OC(=O)c4cccc(Br)c4)c(OC)c3)c(=O)n2C1c1ccc(OC)cc1. The van der Waals surface area contributed by atoms with Gasteiger partial charge in [-0.05, 0) is 73.5 Å². The molecule has 220 valence electrons. The number of rotatable bonds is 8. The molecule has 11 heteroatoms. The average molecular weight is 664 g/mol. The summed E-state index contributed by atoms with van der Waals surface area (Å²) in [5.74, 6) is 0.138. The Morgan fingerprint density at radius 1 is 1.00 bits per heavy atom. The molecule has 1 aliphatic rings. The van der Waals surface area contributed by atoms with Gasteiger partial charge < -0.3 is 18.9 Å². The van der Waals surface area contributed by atoms with Gasteiger partial charge in [0, 0.05) is 4.47 Å².